The summed E-state index contributed by atoms with van der Waals surface area (Å²) in [6, 6.07) is -1.99. The van der Waals surface area contributed by atoms with Gasteiger partial charge in [0.15, 0.2) is 0 Å². The number of hydrogen-bond acceptors (Lipinski definition) is 5. The predicted molar refractivity (Wildman–Crippen MR) is 27.9 cm³/mol. The Labute approximate surface area is 59.4 Å². The minimum absolute atomic E-state index is 0.583. The molecule has 3 amide bonds. The standard InChI is InChI=1S/C3HN3O5/c4-1-5(3(8)9)2(7)6(10)11/h(H,8,9). The van der Waals surface area contributed by atoms with Gasteiger partial charge in [-0.2, -0.15) is 9.59 Å². The molecule has 0 atom stereocenters. The quantitative estimate of drug-likeness (QED) is 0.226. The van der Waals surface area contributed by atoms with Crippen molar-refractivity contribution >= 4 is 12.1 Å². The molecule has 58 valence electrons. The van der Waals surface area contributed by atoms with Gasteiger partial charge in [-0.05, 0) is 4.90 Å². The van der Waals surface area contributed by atoms with Crippen LogP contribution >= 0.6 is 0 Å². The normalized spacial score (nSPS) is 7.91. The van der Waals surface area contributed by atoms with Crippen LogP contribution in [0.1, 0.15) is 0 Å². The summed E-state index contributed by atoms with van der Waals surface area (Å²) in [6.45, 7) is 0. The molecular formula is C3HN3O5. The van der Waals surface area contributed by atoms with Crippen molar-refractivity contribution in [2.75, 3.05) is 0 Å². The third kappa shape index (κ3) is 1.90. The lowest BCUT2D eigenvalue weighted by molar-refractivity contribution is -0.380. The number of hydrogen-bond donors (Lipinski definition) is 1. The van der Waals surface area contributed by atoms with Crippen molar-refractivity contribution in [3.63, 3.8) is 0 Å². The lowest BCUT2D eigenvalue weighted by atomic mass is 10.8. The Balaban J connectivity index is 4.56. The van der Waals surface area contributed by atoms with Crippen LogP contribution in [0.3, 0.4) is 0 Å². The van der Waals surface area contributed by atoms with Crippen molar-refractivity contribution in [1.29, 1.82) is 5.26 Å². The third-order valence-corrected chi connectivity index (χ3v) is 0.639. The molecule has 0 saturated carbocycles. The van der Waals surface area contributed by atoms with Gasteiger partial charge in [-0.15, -0.1) is 5.26 Å². The number of nitrogens with zero attached hydrogens (tertiary/aromatic N) is 3. The highest BCUT2D eigenvalue weighted by atomic mass is 16.6. The maximum Gasteiger partial charge on any atom is 0.560 e. The number of carbonyl (C=O) groups is 2. The summed E-state index contributed by atoms with van der Waals surface area (Å²) in [5, 5.41) is 25.5. The Hall–Kier alpha value is -2.17. The van der Waals surface area contributed by atoms with Gasteiger partial charge in [-0.1, -0.05) is 0 Å². The van der Waals surface area contributed by atoms with E-state index in [2.05, 4.69) is 0 Å². The Morgan fingerprint density at radius 3 is 2.18 bits per heavy atom. The summed E-state index contributed by atoms with van der Waals surface area (Å²) in [6.07, 6.45) is -1.15. The molecule has 0 aliphatic rings. The summed E-state index contributed by atoms with van der Waals surface area (Å²) in [5.74, 6) is 0. The first kappa shape index (κ1) is 8.83. The predicted octanol–water partition coefficient (Wildman–Crippen LogP) is -0.156. The first-order valence-electron chi connectivity index (χ1n) is 2.12. The Kier molecular flexibility index (Phi) is 2.50. The molecule has 0 radical (unpaired) electrons. The van der Waals surface area contributed by atoms with Crippen LogP contribution in [0, 0.1) is 21.6 Å². The van der Waals surface area contributed by atoms with Crippen molar-refractivity contribution < 1.29 is 19.6 Å². The van der Waals surface area contributed by atoms with Crippen molar-refractivity contribution in [1.82, 2.24) is 4.90 Å². The molecule has 0 unspecified atom stereocenters. The van der Waals surface area contributed by atoms with Crippen molar-refractivity contribution in [3.8, 4) is 6.19 Å². The van der Waals surface area contributed by atoms with E-state index in [1.54, 1.807) is 0 Å². The first-order chi connectivity index (χ1) is 5.00. The Morgan fingerprint density at radius 1 is 1.64 bits per heavy atom. The maximum absolute atomic E-state index is 10.1. The zero-order chi connectivity index (χ0) is 9.02. The molecule has 8 heteroatoms. The molecule has 0 saturated heterocycles. The van der Waals surface area contributed by atoms with E-state index in [1.165, 1.54) is 0 Å². The molecule has 0 rings (SSSR count). The van der Waals surface area contributed by atoms with E-state index in [0.29, 0.717) is 0 Å². The van der Waals surface area contributed by atoms with E-state index in [-0.39, 0.29) is 0 Å². The summed E-state index contributed by atoms with van der Waals surface area (Å²) in [7, 11) is 0. The number of amides is 3. The van der Waals surface area contributed by atoms with Crippen molar-refractivity contribution in [3.05, 3.63) is 10.1 Å². The molecule has 0 spiro atoms. The van der Waals surface area contributed by atoms with Crippen LogP contribution in [0.15, 0.2) is 0 Å². The fraction of sp³-hybridized carbons (Fsp3) is 0. The fourth-order valence-electron chi connectivity index (χ4n) is 0.249. The van der Waals surface area contributed by atoms with Crippen LogP contribution in [0.2, 0.25) is 0 Å². The zero-order valence-corrected chi connectivity index (χ0v) is 4.92. The molecule has 0 bridgehead atoms. The number of rotatable bonds is 0. The molecule has 0 aliphatic heterocycles. The minimum Gasteiger partial charge on any atom is -0.446 e. The SMILES string of the molecule is N#CN(C(=O)O)C(=O)[N+](=O)[O-]. The van der Waals surface area contributed by atoms with E-state index >= 15 is 0 Å². The number of urea groups is 1. The number of nitriles is 1. The second-order valence-corrected chi connectivity index (χ2v) is 1.26. The Morgan fingerprint density at radius 2 is 2.09 bits per heavy atom. The highest BCUT2D eigenvalue weighted by Gasteiger charge is 2.33. The van der Waals surface area contributed by atoms with Crippen LogP contribution < -0.4 is 0 Å². The van der Waals surface area contributed by atoms with Crippen LogP contribution in [0.25, 0.3) is 0 Å². The third-order valence-electron chi connectivity index (χ3n) is 0.639. The molecule has 0 aromatic carbocycles. The van der Waals surface area contributed by atoms with Crippen molar-refractivity contribution in [2.24, 2.45) is 0 Å². The van der Waals surface area contributed by atoms with Crippen LogP contribution in [0.4, 0.5) is 9.59 Å². The van der Waals surface area contributed by atoms with E-state index in [9.17, 15) is 19.7 Å². The van der Waals surface area contributed by atoms with Crippen molar-refractivity contribution in [2.45, 2.75) is 0 Å². The number of carbonyl (C=O) groups excluding carboxylic acids is 1. The van der Waals surface area contributed by atoms with Crippen LogP contribution in [-0.4, -0.2) is 27.1 Å². The topological polar surface area (TPSA) is 125 Å². The summed E-state index contributed by atoms with van der Waals surface area (Å²) in [4.78, 5) is 27.5. The number of imide groups is 1. The van der Waals surface area contributed by atoms with Gasteiger partial charge in [0, 0.05) is 4.92 Å². The average molecular weight is 159 g/mol. The summed E-state index contributed by atoms with van der Waals surface area (Å²) < 4.78 is 0. The van der Waals surface area contributed by atoms with Gasteiger partial charge in [-0.25, -0.2) is 0 Å². The van der Waals surface area contributed by atoms with Gasteiger partial charge in [0.2, 0.25) is 0 Å². The molecule has 8 nitrogen and oxygen atoms in total. The molecule has 0 aromatic rings. The summed E-state index contributed by atoms with van der Waals surface area (Å²) in [5.41, 5.74) is 0. The molecule has 0 aromatic heterocycles. The van der Waals surface area contributed by atoms with Crippen LogP contribution in [0.5, 0.6) is 0 Å². The smallest absolute Gasteiger partial charge is 0.446 e. The van der Waals surface area contributed by atoms with E-state index in [1.807, 2.05) is 0 Å². The maximum atomic E-state index is 10.1. The van der Waals surface area contributed by atoms with Gasteiger partial charge < -0.3 is 15.2 Å². The largest absolute Gasteiger partial charge is 0.560 e. The lowest BCUT2D eigenvalue weighted by Crippen LogP contribution is -2.34. The molecular weight excluding hydrogens is 158 g/mol. The van der Waals surface area contributed by atoms with Crippen LogP contribution in [-0.2, 0) is 0 Å². The van der Waals surface area contributed by atoms with E-state index in [0.717, 1.165) is 6.19 Å². The van der Waals surface area contributed by atoms with E-state index in [4.69, 9.17) is 10.4 Å². The fourth-order valence-corrected chi connectivity index (χ4v) is 0.249. The second kappa shape index (κ2) is 3.11. The average Bonchev–Trinajstić information content (AvgIpc) is 1.88. The summed E-state index contributed by atoms with van der Waals surface area (Å²) >= 11 is 0. The monoisotopic (exact) mass is 159 g/mol. The van der Waals surface area contributed by atoms with Gasteiger partial charge in [0.25, 0.3) is 0 Å². The first-order valence-corrected chi connectivity index (χ1v) is 2.12. The second-order valence-electron chi connectivity index (χ2n) is 1.26. The minimum atomic E-state index is -1.99. The highest BCUT2D eigenvalue weighted by Crippen LogP contribution is 1.90. The zero-order valence-electron chi connectivity index (χ0n) is 4.92. The molecule has 0 aliphatic carbocycles. The molecule has 0 heterocycles. The van der Waals surface area contributed by atoms with Gasteiger partial charge in [0.05, 0.1) is 0 Å². The van der Waals surface area contributed by atoms with Gasteiger partial charge >= 0.3 is 18.3 Å². The number of carboxylic acid groups (broad SMARTS) is 1. The lowest BCUT2D eigenvalue weighted by Gasteiger charge is -1.95. The number of nitro groups is 1. The molecule has 0 fully saturated rings. The Bertz CT molecular complexity index is 252. The van der Waals surface area contributed by atoms with Gasteiger partial charge in [-0.3, -0.25) is 0 Å². The highest BCUT2D eigenvalue weighted by molar-refractivity contribution is 5.87. The van der Waals surface area contributed by atoms with Gasteiger partial charge in [0.1, 0.15) is 0 Å². The molecule has 1 N–H and O–H groups in total. The van der Waals surface area contributed by atoms with E-state index < -0.39 is 21.9 Å². The molecule has 11 heavy (non-hydrogen) atoms.